The van der Waals surface area contributed by atoms with Gasteiger partial charge in [0.1, 0.15) is 10.5 Å². The van der Waals surface area contributed by atoms with Crippen molar-refractivity contribution < 1.29 is 35.9 Å². The Labute approximate surface area is 223 Å². The summed E-state index contributed by atoms with van der Waals surface area (Å²) in [6.45, 7) is 6.19. The van der Waals surface area contributed by atoms with E-state index in [1.54, 1.807) is 63.2 Å². The smallest absolute Gasteiger partial charge is 0.452 e. The van der Waals surface area contributed by atoms with Gasteiger partial charge in [0.15, 0.2) is 0 Å². The minimum absolute atomic E-state index is 0.0340. The Bertz CT molecular complexity index is 1340. The van der Waals surface area contributed by atoms with Crippen molar-refractivity contribution in [2.75, 3.05) is 13.1 Å². The molecule has 1 aromatic carbocycles. The predicted octanol–water partition coefficient (Wildman–Crippen LogP) is 4.74. The fraction of sp³-hybridized carbons (Fsp3) is 0.462. The lowest BCUT2D eigenvalue weighted by molar-refractivity contribution is -0.217. The fourth-order valence-corrected chi connectivity index (χ4v) is 8.00. The third-order valence-corrected chi connectivity index (χ3v) is 9.88. The van der Waals surface area contributed by atoms with Crippen LogP contribution < -0.4 is 0 Å². The number of hydrogen-bond donors (Lipinski definition) is 0. The topological polar surface area (TPSA) is 84.0 Å². The average Bonchev–Trinajstić information content (AvgIpc) is 3.35. The Morgan fingerprint density at radius 3 is 2.24 bits per heavy atom. The van der Waals surface area contributed by atoms with E-state index in [1.807, 2.05) is 4.90 Å². The second-order valence-electron chi connectivity index (χ2n) is 10.6. The van der Waals surface area contributed by atoms with Crippen molar-refractivity contribution in [2.45, 2.75) is 63.9 Å². The van der Waals surface area contributed by atoms with Crippen molar-refractivity contribution in [2.24, 2.45) is 0 Å². The van der Waals surface area contributed by atoms with Crippen LogP contribution in [0.5, 0.6) is 0 Å². The van der Waals surface area contributed by atoms with Crippen molar-refractivity contribution >= 4 is 38.1 Å². The molecular weight excluding hydrogens is 541 g/mol. The van der Waals surface area contributed by atoms with Gasteiger partial charge in [-0.2, -0.15) is 13.2 Å². The lowest BCUT2D eigenvalue weighted by Gasteiger charge is -2.41. The quantitative estimate of drug-likeness (QED) is 0.467. The van der Waals surface area contributed by atoms with Crippen LogP contribution in [0.1, 0.15) is 48.9 Å². The molecule has 3 heterocycles. The number of halogens is 3. The maximum atomic E-state index is 13.0. The lowest BCUT2D eigenvalue weighted by Crippen LogP contribution is -2.49. The average molecular weight is 571 g/mol. The van der Waals surface area contributed by atoms with Gasteiger partial charge >= 0.3 is 12.1 Å². The van der Waals surface area contributed by atoms with Gasteiger partial charge in [-0.15, -0.1) is 11.3 Å². The highest BCUT2D eigenvalue weighted by molar-refractivity contribution is 7.99. The molecule has 7 nitrogen and oxygen atoms in total. The Hall–Kier alpha value is -2.70. The summed E-state index contributed by atoms with van der Waals surface area (Å²) in [4.78, 5) is 27.5. The highest BCUT2D eigenvalue weighted by Gasteiger charge is 2.48. The van der Waals surface area contributed by atoms with E-state index in [2.05, 4.69) is 0 Å². The van der Waals surface area contributed by atoms with Gasteiger partial charge in [0, 0.05) is 54.7 Å². The largest absolute Gasteiger partial charge is 0.490 e. The number of nitrogens with zero attached hydrogens (tertiary/aromatic N) is 2. The van der Waals surface area contributed by atoms with Crippen molar-refractivity contribution in [3.05, 3.63) is 63.9 Å². The van der Waals surface area contributed by atoms with Gasteiger partial charge in [-0.05, 0) is 38.5 Å². The molecule has 0 radical (unpaired) electrons. The van der Waals surface area contributed by atoms with Crippen LogP contribution in [-0.4, -0.2) is 59.9 Å². The number of piperidine rings is 1. The van der Waals surface area contributed by atoms with Crippen LogP contribution >= 0.6 is 11.3 Å². The van der Waals surface area contributed by atoms with Gasteiger partial charge in [-0.25, -0.2) is 17.5 Å². The zero-order valence-electron chi connectivity index (χ0n) is 21.2. The van der Waals surface area contributed by atoms with Gasteiger partial charge in [0.05, 0.1) is 5.54 Å². The molecule has 2 aromatic rings. The summed E-state index contributed by atoms with van der Waals surface area (Å²) in [5, 5.41) is 0. The number of alkyl halides is 3. The van der Waals surface area contributed by atoms with Gasteiger partial charge in [-0.3, -0.25) is 9.69 Å². The molecule has 0 spiro atoms. The van der Waals surface area contributed by atoms with Gasteiger partial charge < -0.3 is 4.74 Å². The summed E-state index contributed by atoms with van der Waals surface area (Å²) < 4.78 is 71.1. The molecule has 12 heteroatoms. The first-order chi connectivity index (χ1) is 17.6. The maximum absolute atomic E-state index is 13.0. The molecule has 2 aliphatic heterocycles. The standard InChI is InChI=1S/C26H29F3N2O5S2/c1-24(2,3)31-22(32)15-21(38(31,34)35)20-10-9-19(37-20)17-30-13-11-25(12-14-30,36-23(33)26(27,28)29)16-18-7-5-4-6-8-18/h4-10,15H,11-14,16-17H2,1-3H3. The Balaban J connectivity index is 1.46. The van der Waals surface area contributed by atoms with Crippen molar-refractivity contribution in [1.29, 1.82) is 0 Å². The summed E-state index contributed by atoms with van der Waals surface area (Å²) in [6.07, 6.45) is -3.32. The Morgan fingerprint density at radius 2 is 1.68 bits per heavy atom. The van der Waals surface area contributed by atoms with Gasteiger partial charge in [0.2, 0.25) is 0 Å². The molecule has 1 saturated heterocycles. The highest BCUT2D eigenvalue weighted by atomic mass is 32.2. The number of esters is 1. The van der Waals surface area contributed by atoms with Crippen LogP contribution in [0.4, 0.5) is 13.2 Å². The van der Waals surface area contributed by atoms with E-state index in [0.29, 0.717) is 24.5 Å². The second-order valence-corrected chi connectivity index (χ2v) is 13.5. The molecule has 0 unspecified atom stereocenters. The zero-order valence-corrected chi connectivity index (χ0v) is 22.9. The lowest BCUT2D eigenvalue weighted by atomic mass is 9.85. The fourth-order valence-electron chi connectivity index (χ4n) is 4.82. The molecule has 0 saturated carbocycles. The van der Waals surface area contributed by atoms with Gasteiger partial charge in [-0.1, -0.05) is 30.3 Å². The monoisotopic (exact) mass is 570 g/mol. The summed E-state index contributed by atoms with van der Waals surface area (Å²) in [5.41, 5.74) is -1.39. The first-order valence-corrected chi connectivity index (χ1v) is 14.3. The van der Waals surface area contributed by atoms with E-state index in [-0.39, 0.29) is 24.2 Å². The number of carbonyl (C=O) groups excluding carboxylic acids is 2. The van der Waals surface area contributed by atoms with Crippen molar-refractivity contribution in [3.8, 4) is 0 Å². The number of rotatable bonds is 6. The van der Waals surface area contributed by atoms with E-state index in [4.69, 9.17) is 4.74 Å². The first kappa shape index (κ1) is 28.3. The molecule has 0 aliphatic carbocycles. The second kappa shape index (κ2) is 10.1. The van der Waals surface area contributed by atoms with Gasteiger partial charge in [0.25, 0.3) is 15.9 Å². The zero-order chi connectivity index (χ0) is 27.9. The molecule has 4 rings (SSSR count). The van der Waals surface area contributed by atoms with E-state index < -0.39 is 39.2 Å². The molecule has 0 atom stereocenters. The van der Waals surface area contributed by atoms with E-state index >= 15 is 0 Å². The minimum Gasteiger partial charge on any atom is -0.452 e. The van der Waals surface area contributed by atoms with Crippen LogP contribution in [0, 0.1) is 0 Å². The molecule has 1 aromatic heterocycles. The predicted molar refractivity (Wildman–Crippen MR) is 137 cm³/mol. The van der Waals surface area contributed by atoms with E-state index in [9.17, 15) is 31.2 Å². The molecule has 0 N–H and O–H groups in total. The number of thiophene rings is 1. The molecular formula is C26H29F3N2O5S2. The summed E-state index contributed by atoms with van der Waals surface area (Å²) in [6, 6.07) is 12.4. The molecule has 1 amide bonds. The number of benzene rings is 1. The van der Waals surface area contributed by atoms with E-state index in [0.717, 1.165) is 20.8 Å². The number of carbonyl (C=O) groups is 2. The number of likely N-dealkylation sites (tertiary alicyclic amines) is 1. The highest BCUT2D eigenvalue weighted by Crippen LogP contribution is 2.39. The molecule has 38 heavy (non-hydrogen) atoms. The van der Waals surface area contributed by atoms with Crippen molar-refractivity contribution in [1.82, 2.24) is 9.21 Å². The Morgan fingerprint density at radius 1 is 1.05 bits per heavy atom. The SMILES string of the molecule is CC(C)(C)N1C(=O)C=C(c2ccc(CN3CCC(Cc4ccccc4)(OC(=O)C(F)(F)F)CC3)s2)S1(=O)=O. The minimum atomic E-state index is -5.08. The third-order valence-electron chi connectivity index (χ3n) is 6.54. The number of sulfonamides is 1. The van der Waals surface area contributed by atoms with Crippen LogP contribution in [0.15, 0.2) is 48.5 Å². The molecule has 2 aliphatic rings. The molecule has 206 valence electrons. The van der Waals surface area contributed by atoms with Crippen LogP contribution in [-0.2, 0) is 37.3 Å². The first-order valence-electron chi connectivity index (χ1n) is 12.1. The van der Waals surface area contributed by atoms with Crippen LogP contribution in [0.3, 0.4) is 0 Å². The maximum Gasteiger partial charge on any atom is 0.490 e. The van der Waals surface area contributed by atoms with Crippen LogP contribution in [0.25, 0.3) is 4.91 Å². The number of ether oxygens (including phenoxy) is 1. The summed E-state index contributed by atoms with van der Waals surface area (Å²) in [5.74, 6) is -2.77. The number of amides is 1. The number of hydrogen-bond acceptors (Lipinski definition) is 7. The molecule has 0 bridgehead atoms. The van der Waals surface area contributed by atoms with Crippen molar-refractivity contribution in [3.63, 3.8) is 0 Å². The van der Waals surface area contributed by atoms with E-state index in [1.165, 1.54) is 11.3 Å². The third kappa shape index (κ3) is 5.97. The molecule has 1 fully saturated rings. The van der Waals surface area contributed by atoms with Crippen LogP contribution in [0.2, 0.25) is 0 Å². The Kier molecular flexibility index (Phi) is 7.54. The summed E-state index contributed by atoms with van der Waals surface area (Å²) >= 11 is 1.26. The summed E-state index contributed by atoms with van der Waals surface area (Å²) in [7, 11) is -3.98. The normalized spacial score (nSPS) is 19.9.